The van der Waals surface area contributed by atoms with Crippen molar-refractivity contribution in [3.63, 3.8) is 0 Å². The molecule has 0 saturated carbocycles. The van der Waals surface area contributed by atoms with Crippen molar-refractivity contribution in [2.75, 3.05) is 13.6 Å². The minimum absolute atomic E-state index is 0.0210. The summed E-state index contributed by atoms with van der Waals surface area (Å²) >= 11 is 3.39. The lowest BCUT2D eigenvalue weighted by Crippen LogP contribution is -2.21. The Labute approximate surface area is 115 Å². The molecule has 0 aliphatic heterocycles. The molecular weight excluding hydrogens is 292 g/mol. The fourth-order valence-corrected chi connectivity index (χ4v) is 2.05. The molecule has 1 aromatic heterocycles. The van der Waals surface area contributed by atoms with E-state index in [4.69, 9.17) is 4.74 Å². The molecule has 18 heavy (non-hydrogen) atoms. The zero-order valence-corrected chi connectivity index (χ0v) is 11.7. The highest BCUT2D eigenvalue weighted by Crippen LogP contribution is 2.23. The first-order chi connectivity index (χ1) is 8.79. The first-order valence-corrected chi connectivity index (χ1v) is 6.55. The van der Waals surface area contributed by atoms with Crippen LogP contribution in [-0.2, 0) is 0 Å². The number of aromatic nitrogens is 1. The Balaban J connectivity index is 2.16. The van der Waals surface area contributed by atoms with Crippen LogP contribution in [0, 0.1) is 0 Å². The summed E-state index contributed by atoms with van der Waals surface area (Å²) in [6, 6.07) is 12.1. The van der Waals surface area contributed by atoms with Crippen molar-refractivity contribution in [3.05, 3.63) is 58.8 Å². The summed E-state index contributed by atoms with van der Waals surface area (Å²) in [6.45, 7) is 0.747. The van der Waals surface area contributed by atoms with Crippen molar-refractivity contribution in [1.29, 1.82) is 0 Å². The number of benzene rings is 1. The monoisotopic (exact) mass is 306 g/mol. The van der Waals surface area contributed by atoms with Gasteiger partial charge in [0.15, 0.2) is 0 Å². The standard InChI is InChI=1S/C14H15BrN2O/c1-16-10-14(11-5-3-2-4-6-11)18-13-7-12(15)8-17-9-13/h2-9,14,16H,10H2,1H3. The molecule has 1 atom stereocenters. The van der Waals surface area contributed by atoms with Crippen LogP contribution in [0.4, 0.5) is 0 Å². The molecule has 0 fully saturated rings. The predicted molar refractivity (Wildman–Crippen MR) is 75.7 cm³/mol. The molecule has 1 unspecified atom stereocenters. The van der Waals surface area contributed by atoms with Gasteiger partial charge in [0.1, 0.15) is 11.9 Å². The molecule has 0 radical (unpaired) electrons. The maximum atomic E-state index is 5.97. The summed E-state index contributed by atoms with van der Waals surface area (Å²) in [7, 11) is 1.92. The molecule has 1 aromatic carbocycles. The van der Waals surface area contributed by atoms with Gasteiger partial charge in [-0.2, -0.15) is 0 Å². The highest BCUT2D eigenvalue weighted by atomic mass is 79.9. The fourth-order valence-electron chi connectivity index (χ4n) is 1.70. The lowest BCUT2D eigenvalue weighted by molar-refractivity contribution is 0.204. The lowest BCUT2D eigenvalue weighted by Gasteiger charge is -2.19. The molecule has 1 heterocycles. The van der Waals surface area contributed by atoms with E-state index in [0.29, 0.717) is 0 Å². The van der Waals surface area contributed by atoms with Gasteiger partial charge in [-0.05, 0) is 34.6 Å². The van der Waals surface area contributed by atoms with E-state index in [1.807, 2.05) is 31.3 Å². The van der Waals surface area contributed by atoms with Gasteiger partial charge in [-0.15, -0.1) is 0 Å². The van der Waals surface area contributed by atoms with Gasteiger partial charge in [0.25, 0.3) is 0 Å². The van der Waals surface area contributed by atoms with E-state index in [-0.39, 0.29) is 6.10 Å². The van der Waals surface area contributed by atoms with Crippen LogP contribution in [0.25, 0.3) is 0 Å². The average molecular weight is 307 g/mol. The van der Waals surface area contributed by atoms with Crippen LogP contribution in [0.2, 0.25) is 0 Å². The maximum Gasteiger partial charge on any atom is 0.139 e. The normalized spacial score (nSPS) is 12.1. The smallest absolute Gasteiger partial charge is 0.139 e. The van der Waals surface area contributed by atoms with Gasteiger partial charge in [0.05, 0.1) is 6.20 Å². The van der Waals surface area contributed by atoms with Crippen LogP contribution in [0.3, 0.4) is 0 Å². The van der Waals surface area contributed by atoms with Crippen LogP contribution < -0.4 is 10.1 Å². The quantitative estimate of drug-likeness (QED) is 0.921. The number of nitrogens with one attached hydrogen (secondary N) is 1. The Hall–Kier alpha value is -1.39. The van der Waals surface area contributed by atoms with Crippen molar-refractivity contribution < 1.29 is 4.74 Å². The molecule has 0 amide bonds. The zero-order chi connectivity index (χ0) is 12.8. The molecule has 3 nitrogen and oxygen atoms in total. The summed E-state index contributed by atoms with van der Waals surface area (Å²) in [5, 5.41) is 3.14. The maximum absolute atomic E-state index is 5.97. The summed E-state index contributed by atoms with van der Waals surface area (Å²) in [4.78, 5) is 4.10. The van der Waals surface area contributed by atoms with Crippen LogP contribution >= 0.6 is 15.9 Å². The second kappa shape index (κ2) is 6.52. The number of rotatable bonds is 5. The van der Waals surface area contributed by atoms with E-state index in [9.17, 15) is 0 Å². The van der Waals surface area contributed by atoms with Crippen molar-refractivity contribution in [2.24, 2.45) is 0 Å². The molecule has 2 rings (SSSR count). The van der Waals surface area contributed by atoms with Gasteiger partial charge >= 0.3 is 0 Å². The Kier molecular flexibility index (Phi) is 4.73. The highest BCUT2D eigenvalue weighted by Gasteiger charge is 2.12. The molecule has 1 N–H and O–H groups in total. The Morgan fingerprint density at radius 1 is 1.28 bits per heavy atom. The number of hydrogen-bond acceptors (Lipinski definition) is 3. The van der Waals surface area contributed by atoms with Gasteiger partial charge in [-0.1, -0.05) is 30.3 Å². The SMILES string of the molecule is CNCC(Oc1cncc(Br)c1)c1ccccc1. The third-order valence-electron chi connectivity index (χ3n) is 2.52. The predicted octanol–water partition coefficient (Wildman–Crippen LogP) is 3.18. The van der Waals surface area contributed by atoms with Crippen LogP contribution in [-0.4, -0.2) is 18.6 Å². The van der Waals surface area contributed by atoms with E-state index in [0.717, 1.165) is 22.3 Å². The Morgan fingerprint density at radius 2 is 2.06 bits per heavy atom. The molecule has 0 spiro atoms. The first kappa shape index (κ1) is 13.1. The summed E-state index contributed by atoms with van der Waals surface area (Å²) in [6.07, 6.45) is 3.44. The van der Waals surface area contributed by atoms with Crippen molar-refractivity contribution in [3.8, 4) is 5.75 Å². The molecule has 0 saturated heterocycles. The van der Waals surface area contributed by atoms with Crippen molar-refractivity contribution in [2.45, 2.75) is 6.10 Å². The molecule has 94 valence electrons. The molecule has 0 bridgehead atoms. The van der Waals surface area contributed by atoms with E-state index in [1.54, 1.807) is 12.4 Å². The molecule has 4 heteroatoms. The van der Waals surface area contributed by atoms with E-state index < -0.39 is 0 Å². The summed E-state index contributed by atoms with van der Waals surface area (Å²) < 4.78 is 6.88. The van der Waals surface area contributed by atoms with Gasteiger partial charge in [-0.3, -0.25) is 4.98 Å². The number of halogens is 1. The van der Waals surface area contributed by atoms with Crippen molar-refractivity contribution in [1.82, 2.24) is 10.3 Å². The highest BCUT2D eigenvalue weighted by molar-refractivity contribution is 9.10. The number of nitrogens with zero attached hydrogens (tertiary/aromatic N) is 1. The van der Waals surface area contributed by atoms with Gasteiger partial charge in [0.2, 0.25) is 0 Å². The molecule has 0 aliphatic rings. The molecule has 0 aliphatic carbocycles. The zero-order valence-electron chi connectivity index (χ0n) is 10.1. The number of hydrogen-bond donors (Lipinski definition) is 1. The number of likely N-dealkylation sites (N-methyl/N-ethyl adjacent to an activating group) is 1. The largest absolute Gasteiger partial charge is 0.483 e. The topological polar surface area (TPSA) is 34.1 Å². The number of pyridine rings is 1. The lowest BCUT2D eigenvalue weighted by atomic mass is 10.1. The van der Waals surface area contributed by atoms with E-state index in [2.05, 4.69) is 38.4 Å². The van der Waals surface area contributed by atoms with Crippen LogP contribution in [0.15, 0.2) is 53.3 Å². The van der Waals surface area contributed by atoms with Gasteiger partial charge < -0.3 is 10.1 Å². The number of ether oxygens (including phenoxy) is 1. The third kappa shape index (κ3) is 3.55. The Morgan fingerprint density at radius 3 is 2.72 bits per heavy atom. The van der Waals surface area contributed by atoms with Gasteiger partial charge in [-0.25, -0.2) is 0 Å². The van der Waals surface area contributed by atoms with Crippen molar-refractivity contribution >= 4 is 15.9 Å². The third-order valence-corrected chi connectivity index (χ3v) is 2.95. The minimum atomic E-state index is -0.0210. The second-order valence-electron chi connectivity index (χ2n) is 3.91. The average Bonchev–Trinajstić information content (AvgIpc) is 2.39. The summed E-state index contributed by atoms with van der Waals surface area (Å²) in [5.41, 5.74) is 1.15. The molecular formula is C14H15BrN2O. The Bertz CT molecular complexity index is 490. The van der Waals surface area contributed by atoms with Crippen LogP contribution in [0.5, 0.6) is 5.75 Å². The van der Waals surface area contributed by atoms with Gasteiger partial charge in [0, 0.05) is 17.2 Å². The van der Waals surface area contributed by atoms with E-state index in [1.165, 1.54) is 0 Å². The van der Waals surface area contributed by atoms with E-state index >= 15 is 0 Å². The molecule has 2 aromatic rings. The fraction of sp³-hybridized carbons (Fsp3) is 0.214. The summed E-state index contributed by atoms with van der Waals surface area (Å²) in [5.74, 6) is 0.758. The second-order valence-corrected chi connectivity index (χ2v) is 4.83. The minimum Gasteiger partial charge on any atom is -0.483 e. The first-order valence-electron chi connectivity index (χ1n) is 5.76. The van der Waals surface area contributed by atoms with Crippen LogP contribution in [0.1, 0.15) is 11.7 Å².